The summed E-state index contributed by atoms with van der Waals surface area (Å²) in [5.74, 6) is 2.27. The highest BCUT2D eigenvalue weighted by molar-refractivity contribution is 7.80. The lowest BCUT2D eigenvalue weighted by molar-refractivity contribution is -0.156. The average Bonchev–Trinajstić information content (AvgIpc) is 1.90. The van der Waals surface area contributed by atoms with Gasteiger partial charge in [0.1, 0.15) is 47.4 Å². The number of alkyl halides is 3. The molecule has 12 rings (SSSR count). The first kappa shape index (κ1) is 62.3. The summed E-state index contributed by atoms with van der Waals surface area (Å²) >= 11 is 9.78. The summed E-state index contributed by atoms with van der Waals surface area (Å²) in [6.45, 7) is 4.72. The van der Waals surface area contributed by atoms with E-state index in [1.807, 2.05) is 55.5 Å². The van der Waals surface area contributed by atoms with E-state index in [1.165, 1.54) is 30.5 Å². The Bertz CT molecular complexity index is 3780. The molecule has 0 saturated carbocycles. The van der Waals surface area contributed by atoms with Crippen LogP contribution in [0.5, 0.6) is 11.5 Å². The Kier molecular flexibility index (Phi) is 22.5. The number of ether oxygens (including phenoxy) is 2. The molecule has 4 aromatic heterocycles. The number of carbonyl (C=O) groups is 3. The van der Waals surface area contributed by atoms with Crippen LogP contribution in [0.1, 0.15) is 120 Å². The third-order valence-corrected chi connectivity index (χ3v) is 14.4. The van der Waals surface area contributed by atoms with E-state index in [0.717, 1.165) is 93.5 Å². The first-order valence-electron chi connectivity index (χ1n) is 27.7. The monoisotopic (exact) mass is 1200 g/mol. The minimum Gasteiger partial charge on any atom is -0.493 e. The zero-order valence-corrected chi connectivity index (χ0v) is 47.3. The SMILES string of the molecule is C.Fc1ccc2c(c1CCc1ncc(C3=CCCCC3)c3nncn13)CCO2.O=C(N=C=S)c1ccccc1.O=C(NC(=S)N1CC=C(c2cnc(CCc3c(F)ccc4c3CCO4)n3cnnc23)CC1)c1ccccc1.O=CC(F)(F)F.[2H]CC. The fourth-order valence-electron chi connectivity index (χ4n) is 9.91. The van der Waals surface area contributed by atoms with Gasteiger partial charge in [-0.05, 0) is 140 Å². The Hall–Kier alpha value is -8.79. The number of aromatic nitrogens is 8. The van der Waals surface area contributed by atoms with Gasteiger partial charge in [-0.15, -0.1) is 20.4 Å². The Morgan fingerprint density at radius 1 is 0.741 bits per heavy atom. The van der Waals surface area contributed by atoms with Gasteiger partial charge in [-0.1, -0.05) is 69.8 Å². The van der Waals surface area contributed by atoms with E-state index in [0.29, 0.717) is 87.1 Å². The predicted molar refractivity (Wildman–Crippen MR) is 321 cm³/mol. The highest BCUT2D eigenvalue weighted by Gasteiger charge is 2.26. The highest BCUT2D eigenvalue weighted by atomic mass is 32.1. The molecule has 0 unspecified atom stereocenters. The zero-order valence-electron chi connectivity index (χ0n) is 46.7. The molecule has 0 spiro atoms. The zero-order chi connectivity index (χ0) is 60.3. The summed E-state index contributed by atoms with van der Waals surface area (Å²) in [5, 5.41) is 22.1. The molecule has 0 bridgehead atoms. The van der Waals surface area contributed by atoms with Crippen LogP contribution in [-0.4, -0.2) is 105 Å². The Labute approximate surface area is 500 Å². The number of aldehydes is 1. The number of hydrogen-bond donors (Lipinski definition) is 1. The standard InChI is InChI=1S/C28H25FN6O2S.C21H21FN4O.C8H5NOS.C2HF3O.C2H6.CH4/c29-23-7-8-24-21(12-15-37-24)20(23)6-9-25-30-16-22(26-33-31-17-35(25)26)18-10-13-34(14-11-18)28(38)32-27(36)19-4-2-1-3-5-19;22-18-7-8-19-16(10-11-27-19)15(18)6-9-20-23-12-17(14-4-2-1-3-5-14)21-25-24-13-26(20)21;10-8(9-6-11)7-4-2-1-3-5-7;3-2(4,5)1-6;1-2;/h1-5,7-8,10,16-17H,6,9,11-15H2,(H,32,36,38);4,7-8,12-13H,1-3,5-6,9-11H2;1-5H;1H;1-2H3;1H4/i;;;;1D;. The fraction of sp³-hybridized carbons (Fsp3) is 0.306. The van der Waals surface area contributed by atoms with Crippen LogP contribution < -0.4 is 14.8 Å². The quantitative estimate of drug-likeness (QED) is 0.0590. The van der Waals surface area contributed by atoms with E-state index in [9.17, 15) is 31.5 Å². The van der Waals surface area contributed by atoms with Crippen molar-refractivity contribution in [2.24, 2.45) is 4.99 Å². The number of aryl methyl sites for hydroxylation is 2. The first-order chi connectivity index (χ1) is 41.2. The van der Waals surface area contributed by atoms with Crippen LogP contribution in [0.2, 0.25) is 0 Å². The number of nitrogens with one attached hydrogen (secondary N) is 1. The number of isothiocyanates is 1. The molecule has 7 heterocycles. The molecule has 3 aliphatic heterocycles. The number of aliphatic imine (C=N–C) groups is 1. The van der Waals surface area contributed by atoms with E-state index in [1.54, 1.807) is 68.1 Å². The largest absolute Gasteiger partial charge is 0.493 e. The predicted octanol–water partition coefficient (Wildman–Crippen LogP) is 12.1. The van der Waals surface area contributed by atoms with Gasteiger partial charge in [-0.3, -0.25) is 28.5 Å². The van der Waals surface area contributed by atoms with Crippen molar-refractivity contribution in [2.45, 2.75) is 98.1 Å². The summed E-state index contributed by atoms with van der Waals surface area (Å²) < 4.78 is 81.5. The van der Waals surface area contributed by atoms with Crippen LogP contribution in [0.15, 0.2) is 127 Å². The molecule has 1 aliphatic carbocycles. The summed E-state index contributed by atoms with van der Waals surface area (Å²) in [7, 11) is 0. The van der Waals surface area contributed by atoms with E-state index >= 15 is 0 Å². The fourth-order valence-corrected chi connectivity index (χ4v) is 10.2. The number of carbonyl (C=O) groups excluding carboxylic acids is 3. The van der Waals surface area contributed by atoms with Crippen molar-refractivity contribution in [3.8, 4) is 11.5 Å². The van der Waals surface area contributed by atoms with Gasteiger partial charge < -0.3 is 14.4 Å². The lowest BCUT2D eigenvalue weighted by Crippen LogP contribution is -2.44. The van der Waals surface area contributed by atoms with Crippen molar-refractivity contribution in [3.63, 3.8) is 0 Å². The maximum atomic E-state index is 14.6. The van der Waals surface area contributed by atoms with Gasteiger partial charge in [0.2, 0.25) is 6.29 Å². The Morgan fingerprint density at radius 2 is 1.25 bits per heavy atom. The number of hydrogen-bond acceptors (Lipinski definition) is 13. The molecule has 442 valence electrons. The average molecular weight is 1200 g/mol. The summed E-state index contributed by atoms with van der Waals surface area (Å²) in [4.78, 5) is 46.8. The van der Waals surface area contributed by atoms with Crippen molar-refractivity contribution in [1.29, 1.82) is 0 Å². The molecule has 1 N–H and O–H groups in total. The highest BCUT2D eigenvalue weighted by Crippen LogP contribution is 2.34. The number of thiocarbonyl (C=S) groups is 2. The maximum absolute atomic E-state index is 14.6. The second-order valence-electron chi connectivity index (χ2n) is 19.0. The Morgan fingerprint density at radius 3 is 1.71 bits per heavy atom. The number of nitrogens with zero attached hydrogens (tertiary/aromatic N) is 10. The van der Waals surface area contributed by atoms with Crippen LogP contribution >= 0.6 is 24.4 Å². The minimum absolute atomic E-state index is 0. The van der Waals surface area contributed by atoms with E-state index in [2.05, 4.69) is 60.1 Å². The number of amides is 2. The lowest BCUT2D eigenvalue weighted by Gasteiger charge is -2.28. The lowest BCUT2D eigenvalue weighted by atomic mass is 9.95. The van der Waals surface area contributed by atoms with Gasteiger partial charge in [0.15, 0.2) is 16.4 Å². The van der Waals surface area contributed by atoms with Crippen molar-refractivity contribution in [2.75, 3.05) is 26.3 Å². The van der Waals surface area contributed by atoms with Crippen molar-refractivity contribution >= 4 is 75.3 Å². The van der Waals surface area contributed by atoms with E-state index < -0.39 is 12.5 Å². The third kappa shape index (κ3) is 16.3. The number of fused-ring (bicyclic) bond motifs is 4. The molecule has 23 heteroatoms. The number of allylic oxidation sites excluding steroid dienone is 2. The minimum atomic E-state index is -4.64. The van der Waals surface area contributed by atoms with Gasteiger partial charge in [-0.2, -0.15) is 18.2 Å². The van der Waals surface area contributed by atoms with Gasteiger partial charge in [0, 0.05) is 85.9 Å². The van der Waals surface area contributed by atoms with Gasteiger partial charge >= 0.3 is 6.18 Å². The number of halogens is 5. The van der Waals surface area contributed by atoms with Crippen LogP contribution in [0.3, 0.4) is 0 Å². The molecule has 4 aliphatic rings. The molecule has 0 saturated heterocycles. The van der Waals surface area contributed by atoms with Crippen LogP contribution in [0.25, 0.3) is 22.4 Å². The van der Waals surface area contributed by atoms with Crippen LogP contribution in [0.4, 0.5) is 22.0 Å². The summed E-state index contributed by atoms with van der Waals surface area (Å²) in [6.07, 6.45) is 14.9. The smallest absolute Gasteiger partial charge is 0.446 e. The van der Waals surface area contributed by atoms with Crippen molar-refractivity contribution in [1.82, 2.24) is 49.4 Å². The molecule has 0 radical (unpaired) electrons. The van der Waals surface area contributed by atoms with Crippen LogP contribution in [0, 0.1) is 11.6 Å². The number of benzene rings is 4. The van der Waals surface area contributed by atoms with Gasteiger partial charge in [0.25, 0.3) is 11.8 Å². The molecule has 85 heavy (non-hydrogen) atoms. The molecule has 0 fully saturated rings. The molecule has 8 aromatic rings. The van der Waals surface area contributed by atoms with E-state index in [-0.39, 0.29) is 30.9 Å². The van der Waals surface area contributed by atoms with Gasteiger partial charge in [-0.25, -0.2) is 18.7 Å². The second kappa shape index (κ2) is 30.7. The van der Waals surface area contributed by atoms with Crippen molar-refractivity contribution < 1.29 is 47.2 Å². The Balaban J connectivity index is 0.000000190. The topological polar surface area (TPSA) is 183 Å². The molecular weight excluding hydrogens is 1140 g/mol. The molecule has 2 amide bonds. The first-order valence-corrected chi connectivity index (χ1v) is 27.8. The summed E-state index contributed by atoms with van der Waals surface area (Å²) in [6, 6.07) is 24.1. The second-order valence-corrected chi connectivity index (χ2v) is 19.6. The normalized spacial score (nSPS) is 13.8. The molecule has 4 aromatic carbocycles. The molecule has 16 nitrogen and oxygen atoms in total. The third-order valence-electron chi connectivity index (χ3n) is 13.9. The summed E-state index contributed by atoms with van der Waals surface area (Å²) in [5.41, 5.74) is 10.4. The molecular formula is C62H62F5N11O5S2. The van der Waals surface area contributed by atoms with Gasteiger partial charge in [0.05, 0.1) is 18.4 Å². The van der Waals surface area contributed by atoms with Crippen LogP contribution in [-0.2, 0) is 43.3 Å². The molecule has 0 atom stereocenters. The van der Waals surface area contributed by atoms with Crippen molar-refractivity contribution in [3.05, 3.63) is 190 Å². The maximum Gasteiger partial charge on any atom is 0.446 e. The number of rotatable bonds is 10. The van der Waals surface area contributed by atoms with E-state index in [4.69, 9.17) is 32.8 Å².